The average Bonchev–Trinajstić information content (AvgIpc) is 2.75. The number of nitrogens with zero attached hydrogens (tertiary/aromatic N) is 3. The van der Waals surface area contributed by atoms with Gasteiger partial charge in [-0.25, -0.2) is 0 Å². The summed E-state index contributed by atoms with van der Waals surface area (Å²) >= 11 is 0. The van der Waals surface area contributed by atoms with E-state index in [0.717, 1.165) is 11.3 Å². The Morgan fingerprint density at radius 2 is 1.81 bits per heavy atom. The van der Waals surface area contributed by atoms with E-state index in [1.165, 1.54) is 10.8 Å². The van der Waals surface area contributed by atoms with E-state index < -0.39 is 0 Å². The van der Waals surface area contributed by atoms with Gasteiger partial charge in [-0.2, -0.15) is 15.0 Å². The third kappa shape index (κ3) is 1.37. The van der Waals surface area contributed by atoms with Crippen molar-refractivity contribution in [1.82, 2.24) is 15.0 Å². The maximum atomic E-state index is 4.34. The number of hydrogen-bond acceptors (Lipinski definition) is 2. The number of fused-ring (bicyclic) bond motifs is 1. The molecular formula is C13H11N3. The van der Waals surface area contributed by atoms with Crippen LogP contribution in [-0.2, 0) is 7.05 Å². The molecule has 16 heavy (non-hydrogen) atoms. The van der Waals surface area contributed by atoms with Gasteiger partial charge < -0.3 is 0 Å². The Labute approximate surface area is 93.3 Å². The zero-order chi connectivity index (χ0) is 11.0. The molecule has 0 N–H and O–H groups in total. The Morgan fingerprint density at radius 3 is 2.62 bits per heavy atom. The summed E-state index contributed by atoms with van der Waals surface area (Å²) in [6, 6.07) is 14.5. The van der Waals surface area contributed by atoms with Gasteiger partial charge in [0.1, 0.15) is 5.69 Å². The van der Waals surface area contributed by atoms with Crippen molar-refractivity contribution < 1.29 is 0 Å². The molecule has 0 saturated heterocycles. The first-order chi connectivity index (χ1) is 7.84. The van der Waals surface area contributed by atoms with Gasteiger partial charge >= 0.3 is 0 Å². The van der Waals surface area contributed by atoms with Gasteiger partial charge in [0.25, 0.3) is 0 Å². The maximum absolute atomic E-state index is 4.34. The van der Waals surface area contributed by atoms with E-state index in [1.807, 2.05) is 25.2 Å². The van der Waals surface area contributed by atoms with Crippen LogP contribution in [0.3, 0.4) is 0 Å². The minimum Gasteiger partial charge on any atom is -0.187 e. The van der Waals surface area contributed by atoms with Crippen molar-refractivity contribution in [3.63, 3.8) is 0 Å². The van der Waals surface area contributed by atoms with Crippen molar-refractivity contribution in [2.45, 2.75) is 0 Å². The molecule has 0 bridgehead atoms. The van der Waals surface area contributed by atoms with Gasteiger partial charge in [-0.3, -0.25) is 0 Å². The van der Waals surface area contributed by atoms with Gasteiger partial charge in [-0.15, -0.1) is 0 Å². The van der Waals surface area contributed by atoms with Crippen LogP contribution >= 0.6 is 0 Å². The second-order valence-corrected chi connectivity index (χ2v) is 3.75. The van der Waals surface area contributed by atoms with Gasteiger partial charge in [0.15, 0.2) is 0 Å². The highest BCUT2D eigenvalue weighted by Gasteiger charge is 2.05. The molecule has 3 heteroatoms. The summed E-state index contributed by atoms with van der Waals surface area (Å²) in [5.74, 6) is 0. The Hall–Kier alpha value is -2.16. The fourth-order valence-corrected chi connectivity index (χ4v) is 1.92. The molecule has 1 heterocycles. The standard InChI is InChI=1S/C13H11N3/c1-16-14-9-13(15-16)12-8-4-6-10-5-2-3-7-11(10)12/h2-9H,1H3. The van der Waals surface area contributed by atoms with E-state index >= 15 is 0 Å². The van der Waals surface area contributed by atoms with Crippen LogP contribution in [-0.4, -0.2) is 15.0 Å². The summed E-state index contributed by atoms with van der Waals surface area (Å²) < 4.78 is 0. The lowest BCUT2D eigenvalue weighted by Gasteiger charge is -2.02. The first-order valence-corrected chi connectivity index (χ1v) is 5.19. The predicted molar refractivity (Wildman–Crippen MR) is 63.9 cm³/mol. The zero-order valence-corrected chi connectivity index (χ0v) is 8.96. The number of benzene rings is 2. The molecule has 0 radical (unpaired) electrons. The van der Waals surface area contributed by atoms with E-state index in [4.69, 9.17) is 0 Å². The van der Waals surface area contributed by atoms with Crippen molar-refractivity contribution in [3.05, 3.63) is 48.7 Å². The molecule has 78 valence electrons. The topological polar surface area (TPSA) is 30.7 Å². The number of rotatable bonds is 1. The van der Waals surface area contributed by atoms with Gasteiger partial charge in [-0.05, 0) is 10.8 Å². The Morgan fingerprint density at radius 1 is 1.00 bits per heavy atom. The molecule has 0 fully saturated rings. The minimum absolute atomic E-state index is 0.916. The monoisotopic (exact) mass is 209 g/mol. The molecular weight excluding hydrogens is 198 g/mol. The Kier molecular flexibility index (Phi) is 1.96. The molecule has 0 saturated carbocycles. The highest BCUT2D eigenvalue weighted by Crippen LogP contribution is 2.26. The lowest BCUT2D eigenvalue weighted by atomic mass is 10.0. The Bertz CT molecular complexity index is 635. The highest BCUT2D eigenvalue weighted by atomic mass is 15.4. The normalized spacial score (nSPS) is 10.8. The van der Waals surface area contributed by atoms with Crippen LogP contribution in [0.25, 0.3) is 22.0 Å². The van der Waals surface area contributed by atoms with Crippen molar-refractivity contribution >= 4 is 10.8 Å². The van der Waals surface area contributed by atoms with E-state index in [2.05, 4.69) is 34.5 Å². The maximum Gasteiger partial charge on any atom is 0.113 e. The smallest absolute Gasteiger partial charge is 0.113 e. The van der Waals surface area contributed by atoms with E-state index in [0.29, 0.717) is 0 Å². The molecule has 0 atom stereocenters. The number of hydrogen-bond donors (Lipinski definition) is 0. The van der Waals surface area contributed by atoms with Crippen molar-refractivity contribution in [2.24, 2.45) is 7.05 Å². The molecule has 3 rings (SSSR count). The van der Waals surface area contributed by atoms with Crippen molar-refractivity contribution in [2.75, 3.05) is 0 Å². The average molecular weight is 209 g/mol. The fraction of sp³-hybridized carbons (Fsp3) is 0.0769. The summed E-state index contributed by atoms with van der Waals surface area (Å²) in [7, 11) is 1.83. The first kappa shape index (κ1) is 9.09. The molecule has 1 aromatic heterocycles. The fourth-order valence-electron chi connectivity index (χ4n) is 1.92. The number of aromatic nitrogens is 3. The van der Waals surface area contributed by atoms with Crippen LogP contribution in [0, 0.1) is 0 Å². The quantitative estimate of drug-likeness (QED) is 0.616. The summed E-state index contributed by atoms with van der Waals surface area (Å²) in [6.45, 7) is 0. The summed E-state index contributed by atoms with van der Waals surface area (Å²) in [6.07, 6.45) is 1.79. The van der Waals surface area contributed by atoms with E-state index in [-0.39, 0.29) is 0 Å². The molecule has 0 aliphatic carbocycles. The molecule has 0 amide bonds. The van der Waals surface area contributed by atoms with Crippen LogP contribution in [0.15, 0.2) is 48.7 Å². The predicted octanol–water partition coefficient (Wildman–Crippen LogP) is 2.64. The van der Waals surface area contributed by atoms with Crippen molar-refractivity contribution in [1.29, 1.82) is 0 Å². The second kappa shape index (κ2) is 3.45. The van der Waals surface area contributed by atoms with Crippen LogP contribution in [0.2, 0.25) is 0 Å². The molecule has 3 aromatic rings. The van der Waals surface area contributed by atoms with Gasteiger partial charge in [0.2, 0.25) is 0 Å². The SMILES string of the molecule is Cn1ncc(-c2cccc3ccccc23)n1. The first-order valence-electron chi connectivity index (χ1n) is 5.19. The molecule has 0 spiro atoms. The summed E-state index contributed by atoms with van der Waals surface area (Å²) in [4.78, 5) is 1.58. The largest absolute Gasteiger partial charge is 0.187 e. The molecule has 2 aromatic carbocycles. The number of aryl methyl sites for hydroxylation is 1. The molecule has 0 aliphatic rings. The zero-order valence-electron chi connectivity index (χ0n) is 8.96. The van der Waals surface area contributed by atoms with Crippen LogP contribution in [0.4, 0.5) is 0 Å². The van der Waals surface area contributed by atoms with Gasteiger partial charge in [0.05, 0.1) is 6.20 Å². The third-order valence-electron chi connectivity index (χ3n) is 2.67. The highest BCUT2D eigenvalue weighted by molar-refractivity contribution is 5.95. The van der Waals surface area contributed by atoms with Crippen LogP contribution < -0.4 is 0 Å². The lowest BCUT2D eigenvalue weighted by molar-refractivity contribution is 0.655. The van der Waals surface area contributed by atoms with Crippen LogP contribution in [0.1, 0.15) is 0 Å². The molecule has 3 nitrogen and oxygen atoms in total. The van der Waals surface area contributed by atoms with E-state index in [1.54, 1.807) is 11.0 Å². The summed E-state index contributed by atoms with van der Waals surface area (Å²) in [5.41, 5.74) is 2.05. The lowest BCUT2D eigenvalue weighted by Crippen LogP contribution is -1.91. The van der Waals surface area contributed by atoms with Crippen molar-refractivity contribution in [3.8, 4) is 11.3 Å². The third-order valence-corrected chi connectivity index (χ3v) is 2.67. The van der Waals surface area contributed by atoms with Gasteiger partial charge in [0, 0.05) is 12.6 Å². The van der Waals surface area contributed by atoms with Gasteiger partial charge in [-0.1, -0.05) is 42.5 Å². The van der Waals surface area contributed by atoms with E-state index in [9.17, 15) is 0 Å². The summed E-state index contributed by atoms with van der Waals surface area (Å²) in [5, 5.41) is 10.9. The van der Waals surface area contributed by atoms with Crippen LogP contribution in [0.5, 0.6) is 0 Å². The minimum atomic E-state index is 0.916. The Balaban J connectivity index is 2.31. The second-order valence-electron chi connectivity index (χ2n) is 3.75. The molecule has 0 aliphatic heterocycles. The molecule has 0 unspecified atom stereocenters.